The first-order chi connectivity index (χ1) is 15.2. The highest BCUT2D eigenvalue weighted by Gasteiger charge is 2.19. The van der Waals surface area contributed by atoms with Crippen LogP contribution in [0.5, 0.6) is 0 Å². The van der Waals surface area contributed by atoms with E-state index in [9.17, 15) is 18.0 Å². The molecular weight excluding hydrogens is 423 g/mol. The Morgan fingerprint density at radius 2 is 2.06 bits per heavy atom. The fourth-order valence-electron chi connectivity index (χ4n) is 3.09. The van der Waals surface area contributed by atoms with Gasteiger partial charge < -0.3 is 15.0 Å². The van der Waals surface area contributed by atoms with Crippen molar-refractivity contribution in [3.8, 4) is 11.8 Å². The SMILES string of the molecule is Cc1n/c(=N\C(C)c2cccc(C(F)F)c2F)c2cc(C#CCNC(=O)O)ncc2n1C. The van der Waals surface area contributed by atoms with Gasteiger partial charge in [0.05, 0.1) is 29.9 Å². The fourth-order valence-corrected chi connectivity index (χ4v) is 3.09. The monoisotopic (exact) mass is 443 g/mol. The number of aryl methyl sites for hydroxylation is 2. The van der Waals surface area contributed by atoms with E-state index in [1.54, 1.807) is 37.7 Å². The van der Waals surface area contributed by atoms with Crippen LogP contribution in [0.3, 0.4) is 0 Å². The number of alkyl halides is 2. The number of pyridine rings is 1. The predicted molar refractivity (Wildman–Crippen MR) is 111 cm³/mol. The van der Waals surface area contributed by atoms with Crippen molar-refractivity contribution in [1.82, 2.24) is 19.9 Å². The third kappa shape index (κ3) is 4.88. The normalized spacial score (nSPS) is 12.5. The summed E-state index contributed by atoms with van der Waals surface area (Å²) in [6.45, 7) is 3.30. The van der Waals surface area contributed by atoms with Gasteiger partial charge in [-0.15, -0.1) is 0 Å². The molecule has 0 aliphatic carbocycles. The standard InChI is InChI=1S/C22H20F3N5O2/c1-12(15-7-4-8-16(19(15)23)20(24)25)28-21-17-10-14(6-5-9-26-22(31)32)27-11-18(17)30(3)13(2)29-21/h4,7-8,10-12,20,26H,9H2,1-3H3,(H,31,32)/b28-21-. The Balaban J connectivity index is 2.11. The second-order valence-corrected chi connectivity index (χ2v) is 6.95. The van der Waals surface area contributed by atoms with Gasteiger partial charge in [0.1, 0.15) is 17.3 Å². The van der Waals surface area contributed by atoms with Crippen LogP contribution < -0.4 is 10.8 Å². The van der Waals surface area contributed by atoms with E-state index >= 15 is 0 Å². The first kappa shape index (κ1) is 22.8. The molecule has 166 valence electrons. The molecule has 1 aromatic carbocycles. The van der Waals surface area contributed by atoms with Crippen LogP contribution in [0.25, 0.3) is 10.9 Å². The topological polar surface area (TPSA) is 92.4 Å². The number of hydrogen-bond donors (Lipinski definition) is 2. The Bertz CT molecular complexity index is 1310. The zero-order valence-electron chi connectivity index (χ0n) is 17.5. The maximum absolute atomic E-state index is 14.6. The number of fused-ring (bicyclic) bond motifs is 1. The minimum atomic E-state index is -2.93. The Labute approximate surface area is 181 Å². The molecule has 10 heteroatoms. The van der Waals surface area contributed by atoms with Crippen LogP contribution in [-0.4, -0.2) is 32.3 Å². The van der Waals surface area contributed by atoms with Crippen LogP contribution in [0.1, 0.15) is 42.0 Å². The minimum Gasteiger partial charge on any atom is -0.465 e. The van der Waals surface area contributed by atoms with Crippen LogP contribution in [-0.2, 0) is 7.05 Å². The summed E-state index contributed by atoms with van der Waals surface area (Å²) in [7, 11) is 1.80. The zero-order valence-corrected chi connectivity index (χ0v) is 17.5. The van der Waals surface area contributed by atoms with E-state index in [1.807, 2.05) is 0 Å². The number of amides is 1. The smallest absolute Gasteiger partial charge is 0.405 e. The average molecular weight is 443 g/mol. The van der Waals surface area contributed by atoms with Crippen LogP contribution >= 0.6 is 0 Å². The number of aromatic nitrogens is 3. The maximum Gasteiger partial charge on any atom is 0.405 e. The molecule has 1 unspecified atom stereocenters. The molecule has 0 saturated carbocycles. The average Bonchev–Trinajstić information content (AvgIpc) is 2.74. The van der Waals surface area contributed by atoms with Gasteiger partial charge in [0.15, 0.2) is 5.49 Å². The third-order valence-electron chi connectivity index (χ3n) is 4.84. The van der Waals surface area contributed by atoms with Gasteiger partial charge in [0.25, 0.3) is 6.43 Å². The van der Waals surface area contributed by atoms with E-state index in [0.29, 0.717) is 27.9 Å². The number of halogens is 3. The lowest BCUT2D eigenvalue weighted by Crippen LogP contribution is -2.20. The van der Waals surface area contributed by atoms with E-state index in [2.05, 4.69) is 32.1 Å². The summed E-state index contributed by atoms with van der Waals surface area (Å²) in [5, 5.41) is 11.3. The van der Waals surface area contributed by atoms with Crippen LogP contribution in [0.2, 0.25) is 0 Å². The zero-order chi connectivity index (χ0) is 23.4. The Morgan fingerprint density at radius 3 is 2.75 bits per heavy atom. The Morgan fingerprint density at radius 1 is 1.34 bits per heavy atom. The maximum atomic E-state index is 14.6. The molecule has 0 bridgehead atoms. The van der Waals surface area contributed by atoms with Gasteiger partial charge in [-0.2, -0.15) is 0 Å². The number of carbonyl (C=O) groups is 1. The van der Waals surface area contributed by atoms with Gasteiger partial charge in [0, 0.05) is 18.0 Å². The molecule has 32 heavy (non-hydrogen) atoms. The predicted octanol–water partition coefficient (Wildman–Crippen LogP) is 3.63. The second kappa shape index (κ2) is 9.51. The van der Waals surface area contributed by atoms with Crippen molar-refractivity contribution >= 4 is 17.0 Å². The summed E-state index contributed by atoms with van der Waals surface area (Å²) in [6, 6.07) is 4.70. The van der Waals surface area contributed by atoms with Crippen LogP contribution in [0, 0.1) is 24.6 Å². The van der Waals surface area contributed by atoms with Crippen molar-refractivity contribution in [2.75, 3.05) is 6.54 Å². The minimum absolute atomic E-state index is 0.0393. The summed E-state index contributed by atoms with van der Waals surface area (Å²) in [4.78, 5) is 23.8. The molecule has 7 nitrogen and oxygen atoms in total. The van der Waals surface area contributed by atoms with Crippen molar-refractivity contribution in [3.05, 3.63) is 64.4 Å². The first-order valence-corrected chi connectivity index (χ1v) is 9.58. The van der Waals surface area contributed by atoms with Crippen LogP contribution in [0.15, 0.2) is 35.5 Å². The molecule has 3 aromatic rings. The second-order valence-electron chi connectivity index (χ2n) is 6.95. The molecule has 1 atom stereocenters. The van der Waals surface area contributed by atoms with Gasteiger partial charge in [-0.1, -0.05) is 24.1 Å². The van der Waals surface area contributed by atoms with Crippen molar-refractivity contribution in [1.29, 1.82) is 0 Å². The summed E-state index contributed by atoms with van der Waals surface area (Å²) < 4.78 is 42.5. The molecule has 2 heterocycles. The van der Waals surface area contributed by atoms with E-state index < -0.39 is 29.9 Å². The number of benzene rings is 1. The molecular formula is C22H20F3N5O2. The molecule has 3 rings (SSSR count). The lowest BCUT2D eigenvalue weighted by atomic mass is 10.0. The molecule has 0 saturated heterocycles. The van der Waals surface area contributed by atoms with E-state index in [4.69, 9.17) is 5.11 Å². The number of rotatable bonds is 4. The number of nitrogens with one attached hydrogen (secondary N) is 1. The fraction of sp³-hybridized carbons (Fsp3) is 0.273. The quantitative estimate of drug-likeness (QED) is 0.603. The van der Waals surface area contributed by atoms with Gasteiger partial charge in [-0.3, -0.25) is 4.99 Å². The molecule has 0 aliphatic heterocycles. The van der Waals surface area contributed by atoms with Gasteiger partial charge in [-0.25, -0.2) is 27.9 Å². The lowest BCUT2D eigenvalue weighted by molar-refractivity contribution is 0.146. The highest BCUT2D eigenvalue weighted by atomic mass is 19.3. The van der Waals surface area contributed by atoms with E-state index in [0.717, 1.165) is 6.07 Å². The first-order valence-electron chi connectivity index (χ1n) is 9.58. The Kier molecular flexibility index (Phi) is 6.78. The molecule has 0 spiro atoms. The van der Waals surface area contributed by atoms with Gasteiger partial charge in [0.2, 0.25) is 0 Å². The summed E-state index contributed by atoms with van der Waals surface area (Å²) >= 11 is 0. The highest BCUT2D eigenvalue weighted by molar-refractivity contribution is 5.78. The molecule has 1 amide bonds. The number of carboxylic acid groups (broad SMARTS) is 1. The number of nitrogens with zero attached hydrogens (tertiary/aromatic N) is 4. The Hall–Kier alpha value is -3.87. The molecule has 2 aromatic heterocycles. The summed E-state index contributed by atoms with van der Waals surface area (Å²) in [5.41, 5.74) is 0.719. The summed E-state index contributed by atoms with van der Waals surface area (Å²) in [5.74, 6) is 5.05. The molecule has 2 N–H and O–H groups in total. The van der Waals surface area contributed by atoms with Crippen molar-refractivity contribution in [2.24, 2.45) is 12.0 Å². The molecule has 0 fully saturated rings. The molecule has 0 radical (unpaired) electrons. The van der Waals surface area contributed by atoms with Crippen molar-refractivity contribution < 1.29 is 23.1 Å². The number of hydrogen-bond acceptors (Lipinski definition) is 4. The summed E-state index contributed by atoms with van der Waals surface area (Å²) in [6.07, 6.45) is -2.53. The van der Waals surface area contributed by atoms with Crippen molar-refractivity contribution in [2.45, 2.75) is 26.3 Å². The van der Waals surface area contributed by atoms with Gasteiger partial charge in [-0.05, 0) is 25.8 Å². The van der Waals surface area contributed by atoms with E-state index in [-0.39, 0.29) is 12.1 Å². The van der Waals surface area contributed by atoms with Crippen molar-refractivity contribution in [3.63, 3.8) is 0 Å². The van der Waals surface area contributed by atoms with E-state index in [1.165, 1.54) is 12.1 Å². The van der Waals surface area contributed by atoms with Crippen LogP contribution in [0.4, 0.5) is 18.0 Å². The lowest BCUT2D eigenvalue weighted by Gasteiger charge is -2.13. The van der Waals surface area contributed by atoms with Gasteiger partial charge >= 0.3 is 6.09 Å². The largest absolute Gasteiger partial charge is 0.465 e. The molecule has 0 aliphatic rings. The highest BCUT2D eigenvalue weighted by Crippen LogP contribution is 2.28. The third-order valence-corrected chi connectivity index (χ3v) is 4.84.